The molecule has 4 heteroatoms. The average molecular weight is 256 g/mol. The second-order valence-corrected chi connectivity index (χ2v) is 5.71. The molecule has 0 amide bonds. The van der Waals surface area contributed by atoms with Gasteiger partial charge in [0.05, 0.1) is 23.8 Å². The highest BCUT2D eigenvalue weighted by atomic mass is 16.5. The monoisotopic (exact) mass is 256 g/mol. The molecule has 2 aliphatic heterocycles. The number of aromatic nitrogens is 1. The van der Waals surface area contributed by atoms with Gasteiger partial charge in [-0.1, -0.05) is 30.3 Å². The molecule has 4 nitrogen and oxygen atoms in total. The Morgan fingerprint density at radius 3 is 2.68 bits per heavy atom. The van der Waals surface area contributed by atoms with Crippen molar-refractivity contribution < 1.29 is 9.15 Å². The van der Waals surface area contributed by atoms with E-state index < -0.39 is 0 Å². The van der Waals surface area contributed by atoms with Crippen molar-refractivity contribution in [1.82, 2.24) is 4.98 Å². The normalized spacial score (nSPS) is 32.3. The van der Waals surface area contributed by atoms with Gasteiger partial charge >= 0.3 is 0 Å². The van der Waals surface area contributed by atoms with E-state index in [4.69, 9.17) is 14.9 Å². The first-order valence-electron chi connectivity index (χ1n) is 6.61. The lowest BCUT2D eigenvalue weighted by atomic mass is 9.62. The Morgan fingerprint density at radius 2 is 2.00 bits per heavy atom. The summed E-state index contributed by atoms with van der Waals surface area (Å²) in [6.07, 6.45) is 3.68. The first kappa shape index (κ1) is 11.2. The molecule has 98 valence electrons. The van der Waals surface area contributed by atoms with Crippen LogP contribution in [0.5, 0.6) is 0 Å². The van der Waals surface area contributed by atoms with Gasteiger partial charge in [0.25, 0.3) is 0 Å². The van der Waals surface area contributed by atoms with Crippen molar-refractivity contribution in [3.63, 3.8) is 0 Å². The van der Waals surface area contributed by atoms with Crippen LogP contribution in [0.3, 0.4) is 0 Å². The predicted molar refractivity (Wildman–Crippen MR) is 70.6 cm³/mol. The van der Waals surface area contributed by atoms with E-state index in [-0.39, 0.29) is 11.0 Å². The summed E-state index contributed by atoms with van der Waals surface area (Å²) in [5.74, 6) is 1.62. The zero-order valence-corrected chi connectivity index (χ0v) is 10.6. The maximum atomic E-state index is 5.95. The maximum Gasteiger partial charge on any atom is 0.203 e. The lowest BCUT2D eigenvalue weighted by Gasteiger charge is -2.41. The van der Waals surface area contributed by atoms with Crippen LogP contribution >= 0.6 is 0 Å². The van der Waals surface area contributed by atoms with Gasteiger partial charge in [0.1, 0.15) is 0 Å². The van der Waals surface area contributed by atoms with Crippen LogP contribution in [0.25, 0.3) is 11.3 Å². The van der Waals surface area contributed by atoms with Gasteiger partial charge in [0.15, 0.2) is 5.76 Å². The number of ether oxygens (including phenoxy) is 1. The van der Waals surface area contributed by atoms with Gasteiger partial charge in [-0.05, 0) is 12.8 Å². The van der Waals surface area contributed by atoms with Gasteiger partial charge < -0.3 is 14.9 Å². The molecule has 1 saturated carbocycles. The Bertz CT molecular complexity index is 600. The van der Waals surface area contributed by atoms with Crippen LogP contribution in [-0.2, 0) is 10.2 Å². The fourth-order valence-corrected chi connectivity index (χ4v) is 3.35. The summed E-state index contributed by atoms with van der Waals surface area (Å²) >= 11 is 0. The van der Waals surface area contributed by atoms with Crippen molar-refractivity contribution in [2.45, 2.75) is 23.9 Å². The molecule has 0 atom stereocenters. The lowest BCUT2D eigenvalue weighted by Crippen LogP contribution is -2.51. The molecule has 2 bridgehead atoms. The second kappa shape index (κ2) is 3.68. The summed E-state index contributed by atoms with van der Waals surface area (Å²) < 4.78 is 11.8. The molecule has 2 aromatic rings. The molecule has 3 fully saturated rings. The summed E-state index contributed by atoms with van der Waals surface area (Å²) in [5.41, 5.74) is 6.67. The van der Waals surface area contributed by atoms with E-state index in [0.717, 1.165) is 30.1 Å². The minimum atomic E-state index is -0.110. The van der Waals surface area contributed by atoms with Crippen LogP contribution in [0.2, 0.25) is 0 Å². The van der Waals surface area contributed by atoms with Crippen LogP contribution in [0.1, 0.15) is 18.7 Å². The Labute approximate surface area is 111 Å². The third-order valence-electron chi connectivity index (χ3n) is 4.37. The predicted octanol–water partition coefficient (Wildman–Crippen LogP) is 2.10. The van der Waals surface area contributed by atoms with Crippen molar-refractivity contribution in [2.24, 2.45) is 5.73 Å². The van der Waals surface area contributed by atoms with Crippen molar-refractivity contribution in [1.29, 1.82) is 0 Å². The van der Waals surface area contributed by atoms with Crippen molar-refractivity contribution in [3.05, 3.63) is 42.4 Å². The Balaban J connectivity index is 1.64. The van der Waals surface area contributed by atoms with E-state index in [1.165, 1.54) is 0 Å². The van der Waals surface area contributed by atoms with Gasteiger partial charge in [-0.15, -0.1) is 0 Å². The van der Waals surface area contributed by atoms with Crippen LogP contribution in [0.4, 0.5) is 0 Å². The molecule has 2 N–H and O–H groups in total. The summed E-state index contributed by atoms with van der Waals surface area (Å²) in [5, 5.41) is 0. The van der Waals surface area contributed by atoms with E-state index >= 15 is 0 Å². The van der Waals surface area contributed by atoms with Gasteiger partial charge in [-0.2, -0.15) is 0 Å². The quantitative estimate of drug-likeness (QED) is 0.913. The number of hydrogen-bond donors (Lipinski definition) is 1. The SMILES string of the molecule is NCC12CC(c3ncc(-c4ccccc4)o3)(CO1)C2. The van der Waals surface area contributed by atoms with Crippen molar-refractivity contribution in [2.75, 3.05) is 13.2 Å². The largest absolute Gasteiger partial charge is 0.440 e. The summed E-state index contributed by atoms with van der Waals surface area (Å²) in [4.78, 5) is 4.46. The number of nitrogens with two attached hydrogens (primary N) is 1. The molecule has 1 aromatic carbocycles. The molecule has 2 saturated heterocycles. The highest BCUT2D eigenvalue weighted by molar-refractivity contribution is 5.56. The third-order valence-corrected chi connectivity index (χ3v) is 4.37. The van der Waals surface area contributed by atoms with E-state index in [0.29, 0.717) is 13.2 Å². The molecule has 5 rings (SSSR count). The summed E-state index contributed by atoms with van der Waals surface area (Å²) in [6.45, 7) is 1.26. The molecule has 3 aliphatic rings. The zero-order chi connectivity index (χ0) is 12.9. The number of oxazole rings is 1. The van der Waals surface area contributed by atoms with E-state index in [1.54, 1.807) is 6.20 Å². The van der Waals surface area contributed by atoms with E-state index in [1.807, 2.05) is 30.3 Å². The van der Waals surface area contributed by atoms with Gasteiger partial charge in [-0.25, -0.2) is 4.98 Å². The van der Waals surface area contributed by atoms with Crippen molar-refractivity contribution in [3.8, 4) is 11.3 Å². The fraction of sp³-hybridized carbons (Fsp3) is 0.400. The molecule has 0 spiro atoms. The molecule has 0 radical (unpaired) electrons. The number of fused-ring (bicyclic) bond motifs is 1. The number of nitrogens with zero attached hydrogens (tertiary/aromatic N) is 1. The fourth-order valence-electron chi connectivity index (χ4n) is 3.35. The summed E-state index contributed by atoms with van der Waals surface area (Å²) in [6, 6.07) is 10.0. The zero-order valence-electron chi connectivity index (χ0n) is 10.6. The van der Waals surface area contributed by atoms with E-state index in [9.17, 15) is 0 Å². The first-order chi connectivity index (χ1) is 9.25. The second-order valence-electron chi connectivity index (χ2n) is 5.71. The first-order valence-corrected chi connectivity index (χ1v) is 6.61. The highest BCUT2D eigenvalue weighted by Crippen LogP contribution is 2.58. The van der Waals surface area contributed by atoms with Crippen LogP contribution in [-0.4, -0.2) is 23.7 Å². The van der Waals surface area contributed by atoms with Gasteiger partial charge in [0, 0.05) is 12.1 Å². The topological polar surface area (TPSA) is 61.3 Å². The standard InChI is InChI=1S/C15H16N2O2/c16-9-15-7-14(8-15,10-18-15)13-17-6-12(19-13)11-4-2-1-3-5-11/h1-6H,7-10,16H2. The Kier molecular flexibility index (Phi) is 2.17. The molecule has 19 heavy (non-hydrogen) atoms. The number of hydrogen-bond acceptors (Lipinski definition) is 4. The smallest absolute Gasteiger partial charge is 0.203 e. The average Bonchev–Trinajstić information content (AvgIpc) is 3.12. The van der Waals surface area contributed by atoms with Crippen molar-refractivity contribution >= 4 is 0 Å². The Hall–Kier alpha value is -1.65. The third kappa shape index (κ3) is 1.50. The number of rotatable bonds is 3. The molecule has 3 heterocycles. The lowest BCUT2D eigenvalue weighted by molar-refractivity contribution is 0.00333. The Morgan fingerprint density at radius 1 is 1.21 bits per heavy atom. The van der Waals surface area contributed by atoms with Gasteiger partial charge in [0.2, 0.25) is 5.89 Å². The molecule has 1 aliphatic carbocycles. The molecule has 1 aromatic heterocycles. The van der Waals surface area contributed by atoms with Crippen LogP contribution in [0.15, 0.2) is 40.9 Å². The summed E-state index contributed by atoms with van der Waals surface area (Å²) in [7, 11) is 0. The van der Waals surface area contributed by atoms with Gasteiger partial charge in [-0.3, -0.25) is 0 Å². The molecule has 0 unspecified atom stereocenters. The minimum Gasteiger partial charge on any atom is -0.440 e. The minimum absolute atomic E-state index is 0.0353. The molecular weight excluding hydrogens is 240 g/mol. The van der Waals surface area contributed by atoms with E-state index in [2.05, 4.69) is 4.98 Å². The maximum absolute atomic E-state index is 5.95. The van der Waals surface area contributed by atoms with Crippen LogP contribution < -0.4 is 5.73 Å². The highest BCUT2D eigenvalue weighted by Gasteiger charge is 2.64. The van der Waals surface area contributed by atoms with Crippen LogP contribution in [0, 0.1) is 0 Å². The number of benzene rings is 1. The molecular formula is C15H16N2O2.